The van der Waals surface area contributed by atoms with Crippen LogP contribution in [0.3, 0.4) is 0 Å². The van der Waals surface area contributed by atoms with Crippen LogP contribution in [-0.4, -0.2) is 25.3 Å². The second kappa shape index (κ2) is 6.98. The van der Waals surface area contributed by atoms with Gasteiger partial charge in [0, 0.05) is 24.7 Å². The molecule has 0 bridgehead atoms. The van der Waals surface area contributed by atoms with Gasteiger partial charge in [-0.2, -0.15) is 10.4 Å². The molecule has 0 radical (unpaired) electrons. The van der Waals surface area contributed by atoms with Crippen LogP contribution in [0.5, 0.6) is 0 Å². The number of aryl methyl sites for hydroxylation is 1. The molecule has 116 valence electrons. The first-order valence-electron chi connectivity index (χ1n) is 7.19. The predicted molar refractivity (Wildman–Crippen MR) is 87.1 cm³/mol. The fourth-order valence-corrected chi connectivity index (χ4v) is 2.69. The summed E-state index contributed by atoms with van der Waals surface area (Å²) in [5.74, 6) is -0.205. The maximum Gasteiger partial charge on any atom is 0.255 e. The first-order valence-corrected chi connectivity index (χ1v) is 7.96. The van der Waals surface area contributed by atoms with E-state index in [1.165, 1.54) is 11.5 Å². The molecule has 1 amide bonds. The number of nitrogens with one attached hydrogen (secondary N) is 1. The number of hydrogen-bond donors (Lipinski definition) is 1. The van der Waals surface area contributed by atoms with Crippen molar-refractivity contribution in [3.63, 3.8) is 0 Å². The molecule has 7 nitrogen and oxygen atoms in total. The number of benzene rings is 1. The van der Waals surface area contributed by atoms with Crippen LogP contribution in [0.25, 0.3) is 10.2 Å². The Labute approximate surface area is 136 Å². The van der Waals surface area contributed by atoms with E-state index in [0.29, 0.717) is 17.7 Å². The number of unbranched alkanes of at least 4 members (excludes halogenated alkanes) is 2. The maximum absolute atomic E-state index is 12.3. The molecule has 8 heteroatoms. The molecular formula is C15H14N6OS. The first-order chi connectivity index (χ1) is 11.3. The largest absolute Gasteiger partial charge is 0.319 e. The van der Waals surface area contributed by atoms with E-state index in [4.69, 9.17) is 5.26 Å². The van der Waals surface area contributed by atoms with Gasteiger partial charge in [0.05, 0.1) is 22.7 Å². The van der Waals surface area contributed by atoms with Crippen molar-refractivity contribution in [2.24, 2.45) is 0 Å². The smallest absolute Gasteiger partial charge is 0.255 e. The minimum absolute atomic E-state index is 0.205. The summed E-state index contributed by atoms with van der Waals surface area (Å²) in [4.78, 5) is 12.3. The van der Waals surface area contributed by atoms with Crippen molar-refractivity contribution in [2.45, 2.75) is 25.8 Å². The maximum atomic E-state index is 12.3. The average molecular weight is 326 g/mol. The molecule has 0 spiro atoms. The second-order valence-electron chi connectivity index (χ2n) is 5.02. The van der Waals surface area contributed by atoms with Crippen LogP contribution in [0.4, 0.5) is 5.69 Å². The molecule has 0 saturated heterocycles. The second-order valence-corrected chi connectivity index (χ2v) is 5.80. The zero-order valence-electron chi connectivity index (χ0n) is 12.3. The third-order valence-corrected chi connectivity index (χ3v) is 4.03. The summed E-state index contributed by atoms with van der Waals surface area (Å²) in [5, 5.41) is 19.5. The summed E-state index contributed by atoms with van der Waals surface area (Å²) in [6, 6.07) is 7.44. The standard InChI is InChI=1S/C15H14N6OS/c16-6-2-1-3-7-21-10-12(9-17-21)18-15(22)11-4-5-14-13(8-11)19-20-23-14/h4-5,8-10H,1-3,7H2,(H,18,22). The number of nitriles is 1. The molecule has 0 unspecified atom stereocenters. The van der Waals surface area contributed by atoms with Crippen LogP contribution in [0.15, 0.2) is 30.6 Å². The minimum Gasteiger partial charge on any atom is -0.319 e. The van der Waals surface area contributed by atoms with Gasteiger partial charge in [-0.3, -0.25) is 9.48 Å². The summed E-state index contributed by atoms with van der Waals surface area (Å²) < 4.78 is 6.57. The van der Waals surface area contributed by atoms with E-state index in [1.807, 2.05) is 6.07 Å². The molecule has 0 saturated carbocycles. The lowest BCUT2D eigenvalue weighted by Gasteiger charge is -2.02. The van der Waals surface area contributed by atoms with Crippen LogP contribution in [0.1, 0.15) is 29.6 Å². The number of carbonyl (C=O) groups is 1. The van der Waals surface area contributed by atoms with Crippen LogP contribution in [0, 0.1) is 11.3 Å². The molecule has 0 aliphatic carbocycles. The molecule has 2 heterocycles. The third-order valence-electron chi connectivity index (χ3n) is 3.33. The van der Waals surface area contributed by atoms with Gasteiger partial charge in [0.15, 0.2) is 0 Å². The van der Waals surface area contributed by atoms with Crippen LogP contribution < -0.4 is 5.32 Å². The lowest BCUT2D eigenvalue weighted by molar-refractivity contribution is 0.102. The topological polar surface area (TPSA) is 96.5 Å². The van der Waals surface area contributed by atoms with Crippen molar-refractivity contribution in [3.05, 3.63) is 36.2 Å². The van der Waals surface area contributed by atoms with Crippen molar-refractivity contribution in [1.82, 2.24) is 19.4 Å². The summed E-state index contributed by atoms with van der Waals surface area (Å²) in [6.07, 6.45) is 5.69. The molecular weight excluding hydrogens is 312 g/mol. The van der Waals surface area contributed by atoms with E-state index in [2.05, 4.69) is 26.1 Å². The lowest BCUT2D eigenvalue weighted by atomic mass is 10.2. The zero-order chi connectivity index (χ0) is 16.1. The van der Waals surface area contributed by atoms with E-state index in [0.717, 1.165) is 29.6 Å². The van der Waals surface area contributed by atoms with Crippen molar-refractivity contribution in [1.29, 1.82) is 5.26 Å². The van der Waals surface area contributed by atoms with Crippen molar-refractivity contribution in [3.8, 4) is 6.07 Å². The number of carbonyl (C=O) groups excluding carboxylic acids is 1. The molecule has 3 rings (SSSR count). The molecule has 3 aromatic rings. The van der Waals surface area contributed by atoms with Gasteiger partial charge >= 0.3 is 0 Å². The van der Waals surface area contributed by atoms with Gasteiger partial charge in [-0.15, -0.1) is 5.10 Å². The SMILES string of the molecule is N#CCCCCn1cc(NC(=O)c2ccc3snnc3c2)cn1. The van der Waals surface area contributed by atoms with Gasteiger partial charge in [0.2, 0.25) is 0 Å². The van der Waals surface area contributed by atoms with Gasteiger partial charge in [-0.1, -0.05) is 4.49 Å². The highest BCUT2D eigenvalue weighted by molar-refractivity contribution is 7.12. The summed E-state index contributed by atoms with van der Waals surface area (Å²) in [5.41, 5.74) is 1.90. The quantitative estimate of drug-likeness (QED) is 0.703. The number of hydrogen-bond acceptors (Lipinski definition) is 6. The Balaban J connectivity index is 1.61. The van der Waals surface area contributed by atoms with Crippen molar-refractivity contribution >= 4 is 33.3 Å². The number of amides is 1. The minimum atomic E-state index is -0.205. The number of rotatable bonds is 6. The van der Waals surface area contributed by atoms with Crippen LogP contribution >= 0.6 is 11.5 Å². The van der Waals surface area contributed by atoms with Crippen molar-refractivity contribution < 1.29 is 4.79 Å². The molecule has 0 atom stereocenters. The molecule has 2 aromatic heterocycles. The highest BCUT2D eigenvalue weighted by Crippen LogP contribution is 2.17. The Morgan fingerprint density at radius 2 is 2.30 bits per heavy atom. The van der Waals surface area contributed by atoms with E-state index in [9.17, 15) is 4.79 Å². The van der Waals surface area contributed by atoms with E-state index in [1.54, 1.807) is 29.2 Å². The Bertz CT molecular complexity index is 862. The molecule has 0 aliphatic heterocycles. The summed E-state index contributed by atoms with van der Waals surface area (Å²) >= 11 is 1.30. The molecule has 1 aromatic carbocycles. The fraction of sp³-hybridized carbons (Fsp3) is 0.267. The highest BCUT2D eigenvalue weighted by Gasteiger charge is 2.09. The van der Waals surface area contributed by atoms with Crippen molar-refractivity contribution in [2.75, 3.05) is 5.32 Å². The predicted octanol–water partition coefficient (Wildman–Crippen LogP) is 2.83. The Morgan fingerprint density at radius 1 is 1.39 bits per heavy atom. The third kappa shape index (κ3) is 3.70. The Kier molecular flexibility index (Phi) is 4.59. The normalized spacial score (nSPS) is 10.6. The lowest BCUT2D eigenvalue weighted by Crippen LogP contribution is -2.11. The van der Waals surface area contributed by atoms with E-state index in [-0.39, 0.29) is 5.91 Å². The Morgan fingerprint density at radius 3 is 3.17 bits per heavy atom. The van der Waals surface area contributed by atoms with E-state index < -0.39 is 0 Å². The molecule has 23 heavy (non-hydrogen) atoms. The van der Waals surface area contributed by atoms with Gasteiger partial charge in [0.25, 0.3) is 5.91 Å². The highest BCUT2D eigenvalue weighted by atomic mass is 32.1. The van der Waals surface area contributed by atoms with Gasteiger partial charge in [0.1, 0.15) is 5.52 Å². The van der Waals surface area contributed by atoms with Gasteiger partial charge < -0.3 is 5.32 Å². The molecule has 0 fully saturated rings. The van der Waals surface area contributed by atoms with E-state index >= 15 is 0 Å². The summed E-state index contributed by atoms with van der Waals surface area (Å²) in [7, 11) is 0. The van der Waals surface area contributed by atoms with Crippen LogP contribution in [-0.2, 0) is 6.54 Å². The number of anilines is 1. The molecule has 1 N–H and O–H groups in total. The van der Waals surface area contributed by atoms with Gasteiger partial charge in [-0.05, 0) is 42.6 Å². The van der Waals surface area contributed by atoms with Crippen LogP contribution in [0.2, 0.25) is 0 Å². The fourth-order valence-electron chi connectivity index (χ4n) is 2.15. The number of aromatic nitrogens is 4. The average Bonchev–Trinajstić information content (AvgIpc) is 3.19. The Hall–Kier alpha value is -2.79. The van der Waals surface area contributed by atoms with Gasteiger partial charge in [-0.25, -0.2) is 0 Å². The number of nitrogens with zero attached hydrogens (tertiary/aromatic N) is 5. The first kappa shape index (κ1) is 15.1. The summed E-state index contributed by atoms with van der Waals surface area (Å²) in [6.45, 7) is 0.730. The zero-order valence-corrected chi connectivity index (χ0v) is 13.1. The monoisotopic (exact) mass is 326 g/mol. The number of fused-ring (bicyclic) bond motifs is 1. The molecule has 0 aliphatic rings.